The number of nitrogens with zero attached hydrogens (tertiary/aromatic N) is 1. The van der Waals surface area contributed by atoms with Crippen LogP contribution in [0, 0.1) is 6.92 Å². The van der Waals surface area contributed by atoms with Crippen molar-refractivity contribution in [3.05, 3.63) is 71.9 Å². The molecule has 4 rings (SSSR count). The number of hydrogen-bond donors (Lipinski definition) is 1. The Morgan fingerprint density at radius 1 is 1.00 bits per heavy atom. The minimum absolute atomic E-state index is 0.0794. The van der Waals surface area contributed by atoms with Gasteiger partial charge in [-0.3, -0.25) is 9.78 Å². The highest BCUT2D eigenvalue weighted by molar-refractivity contribution is 6.05. The molecule has 0 radical (unpaired) electrons. The SMILES string of the molecule is Cc1ccc2cccc(NC(=O)C3(c4ccccc4)CCC3)c2n1. The second kappa shape index (κ2) is 5.75. The molecule has 0 unspecified atom stereocenters. The summed E-state index contributed by atoms with van der Waals surface area (Å²) in [6.07, 6.45) is 2.90. The monoisotopic (exact) mass is 316 g/mol. The van der Waals surface area contributed by atoms with Crippen LogP contribution in [-0.2, 0) is 10.2 Å². The van der Waals surface area contributed by atoms with Crippen LogP contribution in [0.1, 0.15) is 30.5 Å². The van der Waals surface area contributed by atoms with Crippen molar-refractivity contribution in [2.45, 2.75) is 31.6 Å². The third kappa shape index (κ3) is 2.37. The van der Waals surface area contributed by atoms with Crippen molar-refractivity contribution in [3.63, 3.8) is 0 Å². The number of rotatable bonds is 3. The Labute approximate surface area is 141 Å². The minimum atomic E-state index is -0.396. The van der Waals surface area contributed by atoms with Crippen molar-refractivity contribution in [1.29, 1.82) is 0 Å². The Kier molecular flexibility index (Phi) is 3.57. The molecular weight excluding hydrogens is 296 g/mol. The van der Waals surface area contributed by atoms with E-state index in [0.29, 0.717) is 0 Å². The first-order valence-electron chi connectivity index (χ1n) is 8.42. The predicted molar refractivity (Wildman–Crippen MR) is 97.1 cm³/mol. The fourth-order valence-electron chi connectivity index (χ4n) is 3.52. The lowest BCUT2D eigenvalue weighted by atomic mass is 9.64. The Bertz CT molecular complexity index is 898. The Hall–Kier alpha value is -2.68. The summed E-state index contributed by atoms with van der Waals surface area (Å²) in [6.45, 7) is 1.97. The Balaban J connectivity index is 1.71. The van der Waals surface area contributed by atoms with Gasteiger partial charge in [-0.25, -0.2) is 0 Å². The first-order chi connectivity index (χ1) is 11.7. The van der Waals surface area contributed by atoms with Crippen molar-refractivity contribution in [2.24, 2.45) is 0 Å². The predicted octanol–water partition coefficient (Wildman–Crippen LogP) is 4.60. The van der Waals surface area contributed by atoms with Gasteiger partial charge in [0.2, 0.25) is 5.91 Å². The highest BCUT2D eigenvalue weighted by atomic mass is 16.2. The zero-order valence-corrected chi connectivity index (χ0v) is 13.8. The summed E-state index contributed by atoms with van der Waals surface area (Å²) in [7, 11) is 0. The van der Waals surface area contributed by atoms with Gasteiger partial charge in [-0.1, -0.05) is 55.0 Å². The summed E-state index contributed by atoms with van der Waals surface area (Å²) < 4.78 is 0. The van der Waals surface area contributed by atoms with Gasteiger partial charge in [0, 0.05) is 11.1 Å². The molecule has 2 aromatic carbocycles. The van der Waals surface area contributed by atoms with Crippen molar-refractivity contribution >= 4 is 22.5 Å². The number of fused-ring (bicyclic) bond motifs is 1. The van der Waals surface area contributed by atoms with Gasteiger partial charge in [0.1, 0.15) is 0 Å². The first-order valence-corrected chi connectivity index (χ1v) is 8.42. The van der Waals surface area contributed by atoms with Gasteiger partial charge >= 0.3 is 0 Å². The molecule has 0 bridgehead atoms. The van der Waals surface area contributed by atoms with Crippen molar-refractivity contribution in [3.8, 4) is 0 Å². The molecule has 1 N–H and O–H groups in total. The maximum atomic E-state index is 13.1. The number of aromatic nitrogens is 1. The number of hydrogen-bond acceptors (Lipinski definition) is 2. The molecule has 1 aromatic heterocycles. The molecule has 0 saturated heterocycles. The number of aryl methyl sites for hydroxylation is 1. The van der Waals surface area contributed by atoms with Crippen LogP contribution in [0.25, 0.3) is 10.9 Å². The fourth-order valence-corrected chi connectivity index (χ4v) is 3.52. The zero-order valence-electron chi connectivity index (χ0n) is 13.8. The van der Waals surface area contributed by atoms with Gasteiger partial charge in [-0.05, 0) is 37.5 Å². The lowest BCUT2D eigenvalue weighted by Crippen LogP contribution is -2.46. The minimum Gasteiger partial charge on any atom is -0.323 e. The van der Waals surface area contributed by atoms with Crippen molar-refractivity contribution in [2.75, 3.05) is 5.32 Å². The van der Waals surface area contributed by atoms with E-state index in [1.807, 2.05) is 55.5 Å². The van der Waals surface area contributed by atoms with E-state index in [9.17, 15) is 4.79 Å². The highest BCUT2D eigenvalue weighted by Gasteiger charge is 2.45. The van der Waals surface area contributed by atoms with Gasteiger partial charge < -0.3 is 5.32 Å². The maximum Gasteiger partial charge on any atom is 0.235 e. The molecule has 1 saturated carbocycles. The maximum absolute atomic E-state index is 13.1. The van der Waals surface area contributed by atoms with Gasteiger partial charge in [-0.15, -0.1) is 0 Å². The Morgan fingerprint density at radius 3 is 2.50 bits per heavy atom. The lowest BCUT2D eigenvalue weighted by molar-refractivity contribution is -0.124. The fraction of sp³-hybridized carbons (Fsp3) is 0.238. The molecular formula is C21H20N2O. The number of anilines is 1. The summed E-state index contributed by atoms with van der Waals surface area (Å²) >= 11 is 0. The lowest BCUT2D eigenvalue weighted by Gasteiger charge is -2.40. The summed E-state index contributed by atoms with van der Waals surface area (Å²) in [5, 5.41) is 4.19. The van der Waals surface area contributed by atoms with Crippen LogP contribution in [0.4, 0.5) is 5.69 Å². The molecule has 1 heterocycles. The van der Waals surface area contributed by atoms with Crippen LogP contribution in [0.2, 0.25) is 0 Å². The number of carbonyl (C=O) groups is 1. The summed E-state index contributed by atoms with van der Waals surface area (Å²) in [4.78, 5) is 17.7. The summed E-state index contributed by atoms with van der Waals surface area (Å²) in [5.41, 5.74) is 3.31. The van der Waals surface area contributed by atoms with E-state index in [1.165, 1.54) is 0 Å². The van der Waals surface area contributed by atoms with Gasteiger partial charge in [0.05, 0.1) is 16.6 Å². The molecule has 0 aliphatic heterocycles. The third-order valence-electron chi connectivity index (χ3n) is 5.08. The van der Waals surface area contributed by atoms with E-state index < -0.39 is 5.41 Å². The number of carbonyl (C=O) groups excluding carboxylic acids is 1. The van der Waals surface area contributed by atoms with E-state index in [-0.39, 0.29) is 5.91 Å². The average molecular weight is 316 g/mol. The molecule has 120 valence electrons. The van der Waals surface area contributed by atoms with Crippen LogP contribution in [0.3, 0.4) is 0 Å². The second-order valence-electron chi connectivity index (χ2n) is 6.59. The average Bonchev–Trinajstić information content (AvgIpc) is 2.55. The summed E-state index contributed by atoms with van der Waals surface area (Å²) in [6, 6.07) is 20.1. The second-order valence-corrected chi connectivity index (χ2v) is 6.59. The summed E-state index contributed by atoms with van der Waals surface area (Å²) in [5.74, 6) is 0.0794. The molecule has 1 aliphatic rings. The van der Waals surface area contributed by atoms with Gasteiger partial charge in [0.15, 0.2) is 0 Å². The molecule has 0 atom stereocenters. The van der Waals surface area contributed by atoms with Crippen LogP contribution in [0.5, 0.6) is 0 Å². The highest BCUT2D eigenvalue weighted by Crippen LogP contribution is 2.44. The number of benzene rings is 2. The molecule has 24 heavy (non-hydrogen) atoms. The van der Waals surface area contributed by atoms with Gasteiger partial charge in [0.25, 0.3) is 0 Å². The van der Waals surface area contributed by atoms with E-state index >= 15 is 0 Å². The normalized spacial score (nSPS) is 15.7. The number of nitrogens with one attached hydrogen (secondary N) is 1. The zero-order chi connectivity index (χ0) is 16.6. The number of para-hydroxylation sites is 1. The molecule has 0 spiro atoms. The topological polar surface area (TPSA) is 42.0 Å². The largest absolute Gasteiger partial charge is 0.323 e. The van der Waals surface area contributed by atoms with E-state index in [1.54, 1.807) is 0 Å². The Morgan fingerprint density at radius 2 is 1.79 bits per heavy atom. The van der Waals surface area contributed by atoms with E-state index in [4.69, 9.17) is 0 Å². The molecule has 1 amide bonds. The number of pyridine rings is 1. The van der Waals surface area contributed by atoms with Crippen molar-refractivity contribution in [1.82, 2.24) is 4.98 Å². The van der Waals surface area contributed by atoms with Crippen LogP contribution in [0.15, 0.2) is 60.7 Å². The smallest absolute Gasteiger partial charge is 0.235 e. The standard InChI is InChI=1S/C21H20N2O/c1-15-11-12-16-7-5-10-18(19(16)22-15)23-20(24)21(13-6-14-21)17-8-3-2-4-9-17/h2-5,7-12H,6,13-14H2,1H3,(H,23,24). The van der Waals surface area contributed by atoms with Crippen LogP contribution < -0.4 is 5.32 Å². The molecule has 3 heteroatoms. The molecule has 3 nitrogen and oxygen atoms in total. The third-order valence-corrected chi connectivity index (χ3v) is 5.08. The van der Waals surface area contributed by atoms with E-state index in [0.717, 1.165) is 47.1 Å². The van der Waals surface area contributed by atoms with E-state index in [2.05, 4.69) is 22.4 Å². The molecule has 1 fully saturated rings. The van der Waals surface area contributed by atoms with Gasteiger partial charge in [-0.2, -0.15) is 0 Å². The molecule has 3 aromatic rings. The molecule has 1 aliphatic carbocycles. The van der Waals surface area contributed by atoms with Crippen LogP contribution in [-0.4, -0.2) is 10.9 Å². The quantitative estimate of drug-likeness (QED) is 0.767. The first kappa shape index (κ1) is 14.9. The number of amides is 1. The van der Waals surface area contributed by atoms with Crippen LogP contribution >= 0.6 is 0 Å². The van der Waals surface area contributed by atoms with Crippen molar-refractivity contribution < 1.29 is 4.79 Å².